The van der Waals surface area contributed by atoms with Crippen LogP contribution in [0.25, 0.3) is 0 Å². The quantitative estimate of drug-likeness (QED) is 0.383. The van der Waals surface area contributed by atoms with Crippen LogP contribution in [0.2, 0.25) is 15.1 Å². The molecule has 0 heterocycles. The summed E-state index contributed by atoms with van der Waals surface area (Å²) in [5.74, 6) is 0.158. The number of carbonyl (C=O) groups is 1. The highest BCUT2D eigenvalue weighted by atomic mass is 35.5. The Hall–Kier alpha value is -2.53. The topological polar surface area (TPSA) is 50.7 Å². The number of amides is 1. The molecule has 0 aliphatic carbocycles. The second-order valence-corrected chi connectivity index (χ2v) is 7.06. The van der Waals surface area contributed by atoms with Crippen LogP contribution >= 0.6 is 34.8 Å². The van der Waals surface area contributed by atoms with Gasteiger partial charge in [-0.2, -0.15) is 5.10 Å². The molecule has 0 aromatic heterocycles. The smallest absolute Gasteiger partial charge is 0.272 e. The Balaban J connectivity index is 1.70. The number of nitrogens with one attached hydrogen (secondary N) is 1. The molecule has 142 valence electrons. The molecule has 0 atom stereocenters. The molecule has 0 saturated carbocycles. The number of nitrogens with zero attached hydrogens (tertiary/aromatic N) is 1. The first-order valence-corrected chi connectivity index (χ1v) is 9.41. The van der Waals surface area contributed by atoms with E-state index >= 15 is 0 Å². The normalized spacial score (nSPS) is 10.8. The summed E-state index contributed by atoms with van der Waals surface area (Å²) in [6.45, 7) is 0.328. The maximum atomic E-state index is 12.2. The zero-order chi connectivity index (χ0) is 19.9. The molecule has 0 saturated heterocycles. The van der Waals surface area contributed by atoms with Gasteiger partial charge in [0.2, 0.25) is 0 Å². The summed E-state index contributed by atoms with van der Waals surface area (Å²) in [5, 5.41) is 5.50. The first-order chi connectivity index (χ1) is 13.5. The van der Waals surface area contributed by atoms with Crippen molar-refractivity contribution in [3.63, 3.8) is 0 Å². The van der Waals surface area contributed by atoms with E-state index in [-0.39, 0.29) is 0 Å². The minimum absolute atomic E-state index is 0.328. The molecule has 0 radical (unpaired) electrons. The molecule has 3 rings (SSSR count). The molecule has 3 aromatic rings. The van der Waals surface area contributed by atoms with Crippen molar-refractivity contribution in [1.29, 1.82) is 0 Å². The maximum Gasteiger partial charge on any atom is 0.272 e. The highest BCUT2D eigenvalue weighted by Crippen LogP contribution is 2.23. The molecule has 4 nitrogen and oxygen atoms in total. The second kappa shape index (κ2) is 9.60. The van der Waals surface area contributed by atoms with Crippen molar-refractivity contribution >= 4 is 46.9 Å². The molecule has 0 unspecified atom stereocenters. The summed E-state index contributed by atoms with van der Waals surface area (Å²) in [5.41, 5.74) is 4.33. The molecular weight excluding hydrogens is 419 g/mol. The van der Waals surface area contributed by atoms with E-state index < -0.39 is 5.91 Å². The van der Waals surface area contributed by atoms with Gasteiger partial charge in [0.05, 0.1) is 16.8 Å². The monoisotopic (exact) mass is 432 g/mol. The minimum atomic E-state index is -0.412. The van der Waals surface area contributed by atoms with E-state index in [2.05, 4.69) is 10.5 Å². The first-order valence-electron chi connectivity index (χ1n) is 8.27. The molecule has 1 amide bonds. The van der Waals surface area contributed by atoms with Crippen molar-refractivity contribution in [1.82, 2.24) is 5.43 Å². The maximum absolute atomic E-state index is 12.2. The van der Waals surface area contributed by atoms with Crippen LogP contribution in [-0.4, -0.2) is 12.1 Å². The molecule has 1 N–H and O–H groups in total. The van der Waals surface area contributed by atoms with Crippen LogP contribution in [0.1, 0.15) is 21.5 Å². The average Bonchev–Trinajstić information content (AvgIpc) is 2.67. The fourth-order valence-electron chi connectivity index (χ4n) is 2.41. The van der Waals surface area contributed by atoms with Crippen molar-refractivity contribution in [2.75, 3.05) is 0 Å². The van der Waals surface area contributed by atoms with Crippen LogP contribution in [0.15, 0.2) is 71.8 Å². The largest absolute Gasteiger partial charge is 0.488 e. The predicted molar refractivity (Wildman–Crippen MR) is 114 cm³/mol. The summed E-state index contributed by atoms with van der Waals surface area (Å²) in [4.78, 5) is 12.2. The predicted octanol–water partition coefficient (Wildman–Crippen LogP) is 5.99. The van der Waals surface area contributed by atoms with E-state index in [1.165, 1.54) is 6.21 Å². The number of halogens is 3. The van der Waals surface area contributed by atoms with Crippen LogP contribution in [0.5, 0.6) is 5.75 Å². The lowest BCUT2D eigenvalue weighted by molar-refractivity contribution is 0.0955. The average molecular weight is 434 g/mol. The summed E-state index contributed by atoms with van der Waals surface area (Å²) >= 11 is 18.1. The van der Waals surface area contributed by atoms with E-state index in [1.54, 1.807) is 48.5 Å². The minimum Gasteiger partial charge on any atom is -0.488 e. The van der Waals surface area contributed by atoms with Gasteiger partial charge in [-0.1, -0.05) is 59.1 Å². The lowest BCUT2D eigenvalue weighted by atomic mass is 10.2. The molecule has 0 aliphatic rings. The van der Waals surface area contributed by atoms with Gasteiger partial charge in [-0.15, -0.1) is 0 Å². The van der Waals surface area contributed by atoms with Crippen LogP contribution < -0.4 is 10.2 Å². The lowest BCUT2D eigenvalue weighted by Crippen LogP contribution is -2.18. The molecule has 0 aliphatic heterocycles. The number of hydrogen-bond donors (Lipinski definition) is 1. The second-order valence-electron chi connectivity index (χ2n) is 5.78. The van der Waals surface area contributed by atoms with E-state index in [1.807, 2.05) is 18.2 Å². The summed E-state index contributed by atoms with van der Waals surface area (Å²) in [6, 6.07) is 19.3. The van der Waals surface area contributed by atoms with Crippen molar-refractivity contribution in [3.05, 3.63) is 98.5 Å². The SMILES string of the molecule is O=C(N/N=C\c1cc(Cl)ccc1OCc1cccc(Cl)c1)c1ccccc1Cl. The van der Waals surface area contributed by atoms with E-state index in [0.717, 1.165) is 5.56 Å². The highest BCUT2D eigenvalue weighted by molar-refractivity contribution is 6.33. The zero-order valence-electron chi connectivity index (χ0n) is 14.5. The van der Waals surface area contributed by atoms with Gasteiger partial charge in [-0.25, -0.2) is 5.43 Å². The van der Waals surface area contributed by atoms with Gasteiger partial charge < -0.3 is 4.74 Å². The van der Waals surface area contributed by atoms with Crippen molar-refractivity contribution < 1.29 is 9.53 Å². The fraction of sp³-hybridized carbons (Fsp3) is 0.0476. The van der Waals surface area contributed by atoms with Gasteiger partial charge in [-0.3, -0.25) is 4.79 Å². The number of carbonyl (C=O) groups excluding carboxylic acids is 1. The number of benzene rings is 3. The van der Waals surface area contributed by atoms with Gasteiger partial charge in [-0.05, 0) is 48.0 Å². The molecular formula is C21H15Cl3N2O2. The standard InChI is InChI=1S/C21H15Cl3N2O2/c22-16-5-3-4-14(10-16)13-28-20-9-8-17(23)11-15(20)12-25-26-21(27)18-6-1-2-7-19(18)24/h1-12H,13H2,(H,26,27)/b25-12-. The van der Waals surface area contributed by atoms with Crippen LogP contribution in [0.4, 0.5) is 0 Å². The molecule has 0 bridgehead atoms. The summed E-state index contributed by atoms with van der Waals surface area (Å²) < 4.78 is 5.85. The Bertz CT molecular complexity index is 1020. The number of hydrogen-bond acceptors (Lipinski definition) is 3. The third-order valence-corrected chi connectivity index (χ3v) is 4.54. The third-order valence-electron chi connectivity index (χ3n) is 3.74. The lowest BCUT2D eigenvalue weighted by Gasteiger charge is -2.10. The Morgan fingerprint density at radius 1 is 0.964 bits per heavy atom. The van der Waals surface area contributed by atoms with E-state index in [4.69, 9.17) is 39.5 Å². The van der Waals surface area contributed by atoms with Crippen LogP contribution in [-0.2, 0) is 6.61 Å². The number of ether oxygens (including phenoxy) is 1. The van der Waals surface area contributed by atoms with Crippen LogP contribution in [0, 0.1) is 0 Å². The van der Waals surface area contributed by atoms with Crippen LogP contribution in [0.3, 0.4) is 0 Å². The zero-order valence-corrected chi connectivity index (χ0v) is 16.8. The van der Waals surface area contributed by atoms with E-state index in [0.29, 0.717) is 38.6 Å². The first kappa shape index (κ1) is 20.2. The molecule has 0 spiro atoms. The molecule has 0 fully saturated rings. The molecule has 3 aromatic carbocycles. The summed E-state index contributed by atoms with van der Waals surface area (Å²) in [7, 11) is 0. The Morgan fingerprint density at radius 2 is 1.75 bits per heavy atom. The Morgan fingerprint density at radius 3 is 2.54 bits per heavy atom. The highest BCUT2D eigenvalue weighted by Gasteiger charge is 2.08. The fourth-order valence-corrected chi connectivity index (χ4v) is 3.02. The van der Waals surface area contributed by atoms with Gasteiger partial charge in [0.25, 0.3) is 5.91 Å². The van der Waals surface area contributed by atoms with Gasteiger partial charge in [0.15, 0.2) is 0 Å². The number of rotatable bonds is 6. The van der Waals surface area contributed by atoms with Gasteiger partial charge in [0, 0.05) is 15.6 Å². The summed E-state index contributed by atoms with van der Waals surface area (Å²) in [6.07, 6.45) is 1.47. The Labute approximate surface area is 177 Å². The third kappa shape index (κ3) is 5.49. The number of hydrazone groups is 1. The van der Waals surface area contributed by atoms with Crippen molar-refractivity contribution in [2.24, 2.45) is 5.10 Å². The molecule has 7 heteroatoms. The van der Waals surface area contributed by atoms with Gasteiger partial charge >= 0.3 is 0 Å². The Kier molecular flexibility index (Phi) is 6.93. The van der Waals surface area contributed by atoms with Gasteiger partial charge in [0.1, 0.15) is 12.4 Å². The van der Waals surface area contributed by atoms with Crippen molar-refractivity contribution in [2.45, 2.75) is 6.61 Å². The molecule has 28 heavy (non-hydrogen) atoms. The van der Waals surface area contributed by atoms with E-state index in [9.17, 15) is 4.79 Å². The van der Waals surface area contributed by atoms with Crippen molar-refractivity contribution in [3.8, 4) is 5.75 Å².